The number of aryl methyl sites for hydroxylation is 2. The van der Waals surface area contributed by atoms with Gasteiger partial charge in [-0.15, -0.1) is 11.3 Å². The van der Waals surface area contributed by atoms with Gasteiger partial charge in [-0.25, -0.2) is 0 Å². The summed E-state index contributed by atoms with van der Waals surface area (Å²) in [6.07, 6.45) is 1.55. The molecule has 0 atom stereocenters. The van der Waals surface area contributed by atoms with E-state index in [4.69, 9.17) is 0 Å². The van der Waals surface area contributed by atoms with Gasteiger partial charge in [0.2, 0.25) is 5.78 Å². The zero-order valence-corrected chi connectivity index (χ0v) is 12.3. The van der Waals surface area contributed by atoms with Gasteiger partial charge in [0, 0.05) is 17.1 Å². The van der Waals surface area contributed by atoms with Gasteiger partial charge in [0.25, 0.3) is 5.69 Å². The van der Waals surface area contributed by atoms with Crippen molar-refractivity contribution >= 4 is 33.7 Å². The van der Waals surface area contributed by atoms with E-state index in [-0.39, 0.29) is 11.5 Å². The molecule has 1 N–H and O–H groups in total. The molecule has 0 unspecified atom stereocenters. The van der Waals surface area contributed by atoms with Crippen molar-refractivity contribution in [3.63, 3.8) is 0 Å². The molecule has 0 bridgehead atoms. The average Bonchev–Trinajstić information content (AvgIpc) is 3.02. The Balaban J connectivity index is 2.21. The maximum absolute atomic E-state index is 12.6. The van der Waals surface area contributed by atoms with Crippen LogP contribution in [0.3, 0.4) is 0 Å². The van der Waals surface area contributed by atoms with E-state index in [1.165, 1.54) is 17.4 Å². The third-order valence-electron chi connectivity index (χ3n) is 3.51. The summed E-state index contributed by atoms with van der Waals surface area (Å²) in [5.41, 5.74) is 1.94. The van der Waals surface area contributed by atoms with Crippen LogP contribution < -0.4 is 0 Å². The van der Waals surface area contributed by atoms with Gasteiger partial charge < -0.3 is 4.98 Å². The van der Waals surface area contributed by atoms with E-state index in [0.29, 0.717) is 21.3 Å². The Kier molecular flexibility index (Phi) is 3.10. The highest BCUT2D eigenvalue weighted by molar-refractivity contribution is 7.14. The van der Waals surface area contributed by atoms with E-state index in [9.17, 15) is 14.9 Å². The molecule has 0 amide bonds. The lowest BCUT2D eigenvalue weighted by Crippen LogP contribution is -1.99. The lowest BCUT2D eigenvalue weighted by molar-refractivity contribution is -0.383. The molecular formula is C15H12N2O3S. The van der Waals surface area contributed by atoms with E-state index in [2.05, 4.69) is 4.98 Å². The molecule has 6 heteroatoms. The Labute approximate surface area is 124 Å². The molecule has 106 valence electrons. The number of ketones is 1. The minimum Gasteiger partial charge on any atom is -0.360 e. The van der Waals surface area contributed by atoms with Crippen LogP contribution in [-0.4, -0.2) is 15.7 Å². The molecular weight excluding hydrogens is 288 g/mol. The van der Waals surface area contributed by atoms with Crippen molar-refractivity contribution in [1.82, 2.24) is 4.98 Å². The number of benzene rings is 1. The molecule has 2 aromatic heterocycles. The number of hydrogen-bond donors (Lipinski definition) is 1. The van der Waals surface area contributed by atoms with E-state index in [0.717, 1.165) is 10.4 Å². The Morgan fingerprint density at radius 1 is 1.33 bits per heavy atom. The zero-order chi connectivity index (χ0) is 15.1. The lowest BCUT2D eigenvalue weighted by atomic mass is 10.1. The Morgan fingerprint density at radius 3 is 2.71 bits per heavy atom. The number of non-ortho nitro benzene ring substituents is 1. The molecule has 2 heterocycles. The number of nitro groups is 1. The number of hydrogen-bond acceptors (Lipinski definition) is 4. The van der Waals surface area contributed by atoms with Gasteiger partial charge in [-0.05, 0) is 31.5 Å². The summed E-state index contributed by atoms with van der Waals surface area (Å²) in [4.78, 5) is 27.9. The number of H-pyrrole nitrogens is 1. The molecule has 0 aliphatic rings. The van der Waals surface area contributed by atoms with Gasteiger partial charge in [-0.3, -0.25) is 14.9 Å². The van der Waals surface area contributed by atoms with Crippen LogP contribution in [0.15, 0.2) is 30.5 Å². The lowest BCUT2D eigenvalue weighted by Gasteiger charge is -1.98. The third-order valence-corrected chi connectivity index (χ3v) is 4.67. The molecule has 3 rings (SSSR count). The topological polar surface area (TPSA) is 76.0 Å². The minimum absolute atomic E-state index is 0.0536. The molecule has 0 fully saturated rings. The smallest absolute Gasteiger partial charge is 0.279 e. The van der Waals surface area contributed by atoms with Crippen molar-refractivity contribution in [3.05, 3.63) is 61.5 Å². The number of fused-ring (bicyclic) bond motifs is 1. The fraction of sp³-hybridized carbons (Fsp3) is 0.133. The number of aromatic amines is 1. The van der Waals surface area contributed by atoms with E-state index < -0.39 is 4.92 Å². The van der Waals surface area contributed by atoms with Gasteiger partial charge in [0.15, 0.2) is 0 Å². The summed E-state index contributed by atoms with van der Waals surface area (Å²) in [5.74, 6) is -0.184. The maximum Gasteiger partial charge on any atom is 0.279 e. The van der Waals surface area contributed by atoms with Gasteiger partial charge in [-0.2, -0.15) is 0 Å². The average molecular weight is 300 g/mol. The Bertz CT molecular complexity index is 857. The molecule has 0 radical (unpaired) electrons. The van der Waals surface area contributed by atoms with Crippen LogP contribution in [0.5, 0.6) is 0 Å². The monoisotopic (exact) mass is 300 g/mol. The highest BCUT2D eigenvalue weighted by Gasteiger charge is 2.22. The number of carbonyl (C=O) groups excluding carboxylic acids is 1. The number of nitro benzene ring substituents is 1. The van der Waals surface area contributed by atoms with Crippen LogP contribution >= 0.6 is 11.3 Å². The van der Waals surface area contributed by atoms with Crippen molar-refractivity contribution < 1.29 is 9.72 Å². The molecule has 5 nitrogen and oxygen atoms in total. The van der Waals surface area contributed by atoms with Crippen molar-refractivity contribution in [2.75, 3.05) is 0 Å². The summed E-state index contributed by atoms with van der Waals surface area (Å²) >= 11 is 1.41. The van der Waals surface area contributed by atoms with Crippen molar-refractivity contribution in [3.8, 4) is 0 Å². The fourth-order valence-corrected chi connectivity index (χ4v) is 3.30. The van der Waals surface area contributed by atoms with Crippen molar-refractivity contribution in [2.45, 2.75) is 13.8 Å². The summed E-state index contributed by atoms with van der Waals surface area (Å²) in [5, 5.41) is 11.5. The second-order valence-corrected chi connectivity index (χ2v) is 6.09. The predicted octanol–water partition coefficient (Wildman–Crippen LogP) is 3.99. The summed E-state index contributed by atoms with van der Waals surface area (Å²) in [6.45, 7) is 3.90. The number of nitrogens with zero attached hydrogens (tertiary/aromatic N) is 1. The van der Waals surface area contributed by atoms with Gasteiger partial charge in [0.1, 0.15) is 0 Å². The first-order valence-corrected chi connectivity index (χ1v) is 7.17. The third kappa shape index (κ3) is 2.13. The van der Waals surface area contributed by atoms with Crippen LogP contribution in [0.4, 0.5) is 5.69 Å². The quantitative estimate of drug-likeness (QED) is 0.451. The molecule has 0 aliphatic carbocycles. The van der Waals surface area contributed by atoms with Crippen molar-refractivity contribution in [1.29, 1.82) is 0 Å². The Morgan fingerprint density at radius 2 is 2.10 bits per heavy atom. The number of rotatable bonds is 3. The molecule has 0 saturated carbocycles. The predicted molar refractivity (Wildman–Crippen MR) is 82.2 cm³/mol. The van der Waals surface area contributed by atoms with Gasteiger partial charge in [-0.1, -0.05) is 6.07 Å². The number of thiophene rings is 1. The van der Waals surface area contributed by atoms with E-state index in [1.807, 2.05) is 19.9 Å². The first-order valence-electron chi connectivity index (χ1n) is 6.35. The zero-order valence-electron chi connectivity index (χ0n) is 11.5. The highest BCUT2D eigenvalue weighted by atomic mass is 32.1. The second kappa shape index (κ2) is 4.82. The number of carbonyl (C=O) groups is 1. The van der Waals surface area contributed by atoms with Crippen LogP contribution in [0.1, 0.15) is 25.7 Å². The normalized spacial score (nSPS) is 11.0. The number of nitrogens with one attached hydrogen (secondary N) is 1. The van der Waals surface area contributed by atoms with Crippen molar-refractivity contribution in [2.24, 2.45) is 0 Å². The summed E-state index contributed by atoms with van der Waals surface area (Å²) in [6, 6.07) is 6.57. The Hall–Kier alpha value is -2.47. The molecule has 3 aromatic rings. The maximum atomic E-state index is 12.6. The number of aromatic nitrogens is 1. The second-order valence-electron chi connectivity index (χ2n) is 4.84. The highest BCUT2D eigenvalue weighted by Crippen LogP contribution is 2.31. The first kappa shape index (κ1) is 13.5. The fourth-order valence-electron chi connectivity index (χ4n) is 2.31. The van der Waals surface area contributed by atoms with Crippen LogP contribution in [0.2, 0.25) is 0 Å². The van der Waals surface area contributed by atoms with Gasteiger partial charge in [0.05, 0.1) is 26.3 Å². The summed E-state index contributed by atoms with van der Waals surface area (Å²) in [7, 11) is 0. The molecule has 21 heavy (non-hydrogen) atoms. The molecule has 1 aromatic carbocycles. The molecule has 0 spiro atoms. The first-order chi connectivity index (χ1) is 9.99. The minimum atomic E-state index is -0.460. The standard InChI is InChI=1S/C15H12N2O3S/c1-8-6-13(21-9(8)2)15(18)10-7-16-11-4-3-5-12(14(10)11)17(19)20/h3-7,16H,1-2H3. The molecule has 0 saturated heterocycles. The summed E-state index contributed by atoms with van der Waals surface area (Å²) < 4.78 is 0. The van der Waals surface area contributed by atoms with Crippen LogP contribution in [0, 0.1) is 24.0 Å². The van der Waals surface area contributed by atoms with E-state index in [1.54, 1.807) is 18.3 Å². The molecule has 0 aliphatic heterocycles. The van der Waals surface area contributed by atoms with E-state index >= 15 is 0 Å². The van der Waals surface area contributed by atoms with Gasteiger partial charge >= 0.3 is 0 Å². The largest absolute Gasteiger partial charge is 0.360 e. The van der Waals surface area contributed by atoms with Crippen LogP contribution in [-0.2, 0) is 0 Å². The SMILES string of the molecule is Cc1cc(C(=O)c2c[nH]c3cccc([N+](=O)[O-])c23)sc1C. The van der Waals surface area contributed by atoms with Crippen LogP contribution in [0.25, 0.3) is 10.9 Å².